The predicted octanol–water partition coefficient (Wildman–Crippen LogP) is 0.0446. The zero-order valence-corrected chi connectivity index (χ0v) is 12.9. The molecule has 2 fully saturated rings. The van der Waals surface area contributed by atoms with E-state index in [-0.39, 0.29) is 18.4 Å². The van der Waals surface area contributed by atoms with Crippen molar-refractivity contribution in [3.63, 3.8) is 0 Å². The molecule has 2 atom stereocenters. The first-order valence-corrected chi connectivity index (χ1v) is 7.94. The fourth-order valence-corrected chi connectivity index (χ4v) is 3.09. The number of rotatable bonds is 5. The molecule has 0 aromatic carbocycles. The van der Waals surface area contributed by atoms with Gasteiger partial charge >= 0.3 is 0 Å². The number of carbonyl (C=O) groups excluding carboxylic acids is 2. The van der Waals surface area contributed by atoms with Crippen LogP contribution in [0.15, 0.2) is 24.5 Å². The summed E-state index contributed by atoms with van der Waals surface area (Å²) in [7, 11) is 0. The van der Waals surface area contributed by atoms with Crippen LogP contribution in [0.5, 0.6) is 5.75 Å². The van der Waals surface area contributed by atoms with Gasteiger partial charge < -0.3 is 19.6 Å². The molecule has 0 saturated carbocycles. The Morgan fingerprint density at radius 3 is 3.04 bits per heavy atom. The monoisotopic (exact) mass is 319 g/mol. The van der Waals surface area contributed by atoms with Crippen molar-refractivity contribution >= 4 is 11.8 Å². The third-order valence-corrected chi connectivity index (χ3v) is 4.29. The zero-order chi connectivity index (χ0) is 16.2. The molecule has 1 aromatic heterocycles. The summed E-state index contributed by atoms with van der Waals surface area (Å²) in [5.74, 6) is 0.592. The van der Waals surface area contributed by atoms with Crippen LogP contribution in [0.1, 0.15) is 19.3 Å². The van der Waals surface area contributed by atoms with Crippen LogP contribution in [-0.4, -0.2) is 70.1 Å². The summed E-state index contributed by atoms with van der Waals surface area (Å²) < 4.78 is 5.55. The average Bonchev–Trinajstić information content (AvgIpc) is 2.56. The van der Waals surface area contributed by atoms with Crippen LogP contribution in [0.4, 0.5) is 0 Å². The van der Waals surface area contributed by atoms with Gasteiger partial charge in [-0.05, 0) is 25.0 Å². The third kappa shape index (κ3) is 3.61. The summed E-state index contributed by atoms with van der Waals surface area (Å²) in [5, 5.41) is 9.74. The molecule has 0 aliphatic carbocycles. The Labute approximate surface area is 134 Å². The maximum absolute atomic E-state index is 12.5. The SMILES string of the molecule is O=C1[C@@H]2C[C@H](O)CCN2C(=O)CN1CCCOc1cccnc1. The molecule has 1 aromatic rings. The van der Waals surface area contributed by atoms with E-state index in [1.54, 1.807) is 28.3 Å². The van der Waals surface area contributed by atoms with E-state index in [4.69, 9.17) is 4.74 Å². The van der Waals surface area contributed by atoms with Crippen molar-refractivity contribution in [3.8, 4) is 5.75 Å². The molecule has 7 heteroatoms. The lowest BCUT2D eigenvalue weighted by atomic mass is 9.96. The Kier molecular flexibility index (Phi) is 4.76. The first kappa shape index (κ1) is 15.7. The van der Waals surface area contributed by atoms with Crippen LogP contribution in [0, 0.1) is 0 Å². The minimum Gasteiger partial charge on any atom is -0.492 e. The Balaban J connectivity index is 1.50. The van der Waals surface area contributed by atoms with Gasteiger partial charge in [-0.15, -0.1) is 0 Å². The first-order valence-electron chi connectivity index (χ1n) is 7.94. The molecule has 23 heavy (non-hydrogen) atoms. The van der Waals surface area contributed by atoms with Gasteiger partial charge in [-0.3, -0.25) is 14.6 Å². The van der Waals surface area contributed by atoms with E-state index >= 15 is 0 Å². The Morgan fingerprint density at radius 1 is 1.39 bits per heavy atom. The smallest absolute Gasteiger partial charge is 0.245 e. The van der Waals surface area contributed by atoms with Crippen LogP contribution in [0.2, 0.25) is 0 Å². The van der Waals surface area contributed by atoms with Crippen molar-refractivity contribution < 1.29 is 19.4 Å². The molecule has 2 aliphatic rings. The van der Waals surface area contributed by atoms with E-state index in [2.05, 4.69) is 4.98 Å². The van der Waals surface area contributed by atoms with E-state index in [1.807, 2.05) is 6.07 Å². The fraction of sp³-hybridized carbons (Fsp3) is 0.562. The Morgan fingerprint density at radius 2 is 2.26 bits per heavy atom. The lowest BCUT2D eigenvalue weighted by Crippen LogP contribution is -2.62. The maximum Gasteiger partial charge on any atom is 0.245 e. The lowest BCUT2D eigenvalue weighted by Gasteiger charge is -2.44. The van der Waals surface area contributed by atoms with Crippen molar-refractivity contribution in [2.24, 2.45) is 0 Å². The lowest BCUT2D eigenvalue weighted by molar-refractivity contribution is -0.160. The summed E-state index contributed by atoms with van der Waals surface area (Å²) in [6.07, 6.45) is 4.35. The second-order valence-electron chi connectivity index (χ2n) is 5.93. The number of ether oxygens (including phenoxy) is 1. The molecule has 2 aliphatic heterocycles. The number of hydrogen-bond donors (Lipinski definition) is 1. The average molecular weight is 319 g/mol. The zero-order valence-electron chi connectivity index (χ0n) is 12.9. The van der Waals surface area contributed by atoms with Crippen LogP contribution in [-0.2, 0) is 9.59 Å². The molecule has 0 unspecified atom stereocenters. The highest BCUT2D eigenvalue weighted by molar-refractivity contribution is 5.95. The number of aliphatic hydroxyl groups is 1. The molecule has 3 heterocycles. The summed E-state index contributed by atoms with van der Waals surface area (Å²) in [6, 6.07) is 3.12. The van der Waals surface area contributed by atoms with Crippen LogP contribution in [0.25, 0.3) is 0 Å². The Hall–Kier alpha value is -2.15. The molecular formula is C16H21N3O4. The fourth-order valence-electron chi connectivity index (χ4n) is 3.09. The topological polar surface area (TPSA) is 83.0 Å². The van der Waals surface area contributed by atoms with Crippen molar-refractivity contribution in [1.82, 2.24) is 14.8 Å². The van der Waals surface area contributed by atoms with Gasteiger partial charge in [0.25, 0.3) is 0 Å². The summed E-state index contributed by atoms with van der Waals surface area (Å²) in [4.78, 5) is 31.8. The van der Waals surface area contributed by atoms with Gasteiger partial charge in [-0.2, -0.15) is 0 Å². The van der Waals surface area contributed by atoms with E-state index in [0.29, 0.717) is 44.7 Å². The number of aromatic nitrogens is 1. The molecular weight excluding hydrogens is 298 g/mol. The maximum atomic E-state index is 12.5. The number of piperidine rings is 1. The number of amides is 2. The number of piperazine rings is 1. The van der Waals surface area contributed by atoms with Gasteiger partial charge in [-0.25, -0.2) is 0 Å². The van der Waals surface area contributed by atoms with Gasteiger partial charge in [-0.1, -0.05) is 0 Å². The van der Waals surface area contributed by atoms with Gasteiger partial charge in [0.15, 0.2) is 0 Å². The Bertz CT molecular complexity index is 566. The predicted molar refractivity (Wildman–Crippen MR) is 81.7 cm³/mol. The summed E-state index contributed by atoms with van der Waals surface area (Å²) >= 11 is 0. The van der Waals surface area contributed by atoms with Crippen molar-refractivity contribution in [2.75, 3.05) is 26.2 Å². The van der Waals surface area contributed by atoms with E-state index < -0.39 is 12.1 Å². The van der Waals surface area contributed by atoms with Gasteiger partial charge in [0, 0.05) is 25.7 Å². The highest BCUT2D eigenvalue weighted by Gasteiger charge is 2.42. The first-order chi connectivity index (χ1) is 11.1. The molecule has 2 amide bonds. The number of fused-ring (bicyclic) bond motifs is 1. The molecule has 124 valence electrons. The number of carbonyl (C=O) groups is 2. The van der Waals surface area contributed by atoms with Crippen molar-refractivity contribution in [3.05, 3.63) is 24.5 Å². The van der Waals surface area contributed by atoms with Crippen molar-refractivity contribution in [2.45, 2.75) is 31.4 Å². The largest absolute Gasteiger partial charge is 0.492 e. The number of pyridine rings is 1. The molecule has 3 rings (SSSR count). The summed E-state index contributed by atoms with van der Waals surface area (Å²) in [5.41, 5.74) is 0. The molecule has 2 saturated heterocycles. The van der Waals surface area contributed by atoms with Gasteiger partial charge in [0.05, 0.1) is 25.5 Å². The van der Waals surface area contributed by atoms with E-state index in [0.717, 1.165) is 0 Å². The van der Waals surface area contributed by atoms with Gasteiger partial charge in [0.2, 0.25) is 11.8 Å². The van der Waals surface area contributed by atoms with Crippen molar-refractivity contribution in [1.29, 1.82) is 0 Å². The quantitative estimate of drug-likeness (QED) is 0.775. The standard InChI is InChI=1S/C16H21N3O4/c20-12-4-7-19-14(9-12)16(22)18(11-15(19)21)6-2-8-23-13-3-1-5-17-10-13/h1,3,5,10,12,14,20H,2,4,6-9,11H2/t12-,14+/m1/s1. The third-order valence-electron chi connectivity index (χ3n) is 4.29. The number of aliphatic hydroxyl groups excluding tert-OH is 1. The number of hydrogen-bond acceptors (Lipinski definition) is 5. The molecule has 0 spiro atoms. The highest BCUT2D eigenvalue weighted by atomic mass is 16.5. The summed E-state index contributed by atoms with van der Waals surface area (Å²) in [6.45, 7) is 1.53. The minimum absolute atomic E-state index is 0.0327. The van der Waals surface area contributed by atoms with Crippen LogP contribution < -0.4 is 4.74 Å². The molecule has 1 N–H and O–H groups in total. The van der Waals surface area contributed by atoms with Crippen LogP contribution in [0.3, 0.4) is 0 Å². The van der Waals surface area contributed by atoms with Crippen LogP contribution >= 0.6 is 0 Å². The molecule has 7 nitrogen and oxygen atoms in total. The highest BCUT2D eigenvalue weighted by Crippen LogP contribution is 2.23. The molecule has 0 bridgehead atoms. The van der Waals surface area contributed by atoms with E-state index in [9.17, 15) is 14.7 Å². The second-order valence-corrected chi connectivity index (χ2v) is 5.93. The molecule has 0 radical (unpaired) electrons. The van der Waals surface area contributed by atoms with Gasteiger partial charge in [0.1, 0.15) is 11.8 Å². The second kappa shape index (κ2) is 6.95. The minimum atomic E-state index is -0.501. The normalized spacial score (nSPS) is 24.6. The van der Waals surface area contributed by atoms with E-state index in [1.165, 1.54) is 0 Å². The number of nitrogens with zero attached hydrogens (tertiary/aromatic N) is 3.